The van der Waals surface area contributed by atoms with Crippen LogP contribution in [0.2, 0.25) is 0 Å². The van der Waals surface area contributed by atoms with Crippen LogP contribution in [-0.4, -0.2) is 47.7 Å². The first-order chi connectivity index (χ1) is 14.5. The number of hydrogen-bond acceptors (Lipinski definition) is 3. The molecular formula is C26H37NO4. The molecule has 0 aliphatic heterocycles. The molecule has 0 spiro atoms. The lowest BCUT2D eigenvalue weighted by atomic mass is 9.85. The molecule has 0 aromatic heterocycles. The minimum atomic E-state index is -1.08. The van der Waals surface area contributed by atoms with Gasteiger partial charge in [0.05, 0.1) is 12.8 Å². The van der Waals surface area contributed by atoms with Crippen LogP contribution in [0.5, 0.6) is 0 Å². The molecule has 0 amide bonds. The van der Waals surface area contributed by atoms with Crippen molar-refractivity contribution in [1.82, 2.24) is 4.90 Å². The highest BCUT2D eigenvalue weighted by Gasteiger charge is 2.15. The number of aliphatic carboxylic acids is 2. The van der Waals surface area contributed by atoms with Crippen LogP contribution in [-0.2, 0) is 21.4 Å². The fourth-order valence-corrected chi connectivity index (χ4v) is 3.17. The molecule has 0 aliphatic carbocycles. The summed E-state index contributed by atoms with van der Waals surface area (Å²) in [6.45, 7) is 7.93. The van der Waals surface area contributed by atoms with Crippen molar-refractivity contribution < 1.29 is 19.8 Å². The summed E-state index contributed by atoms with van der Waals surface area (Å²) in [5.74, 6) is -1.57. The second-order valence-electron chi connectivity index (χ2n) is 9.14. The maximum Gasteiger partial charge on any atom is 0.303 e. The Bertz CT molecular complexity index is 778. The molecule has 5 nitrogen and oxygen atoms in total. The number of rotatable bonds is 9. The van der Waals surface area contributed by atoms with Gasteiger partial charge < -0.3 is 15.1 Å². The number of carboxylic acids is 2. The second kappa shape index (κ2) is 12.9. The smallest absolute Gasteiger partial charge is 0.303 e. The van der Waals surface area contributed by atoms with Crippen LogP contribution >= 0.6 is 0 Å². The maximum atomic E-state index is 9.64. The normalized spacial score (nSPS) is 12.1. The lowest BCUT2D eigenvalue weighted by Crippen LogP contribution is -2.17. The van der Waals surface area contributed by atoms with Crippen LogP contribution in [0.15, 0.2) is 54.6 Å². The van der Waals surface area contributed by atoms with Crippen LogP contribution in [0, 0.1) is 0 Å². The molecule has 0 heterocycles. The number of carboxylic acid groups (broad SMARTS) is 2. The lowest BCUT2D eigenvalue weighted by molar-refractivity contribution is -0.143. The summed E-state index contributed by atoms with van der Waals surface area (Å²) in [6, 6.07) is 20.2. The van der Waals surface area contributed by atoms with Gasteiger partial charge in [-0.05, 0) is 61.5 Å². The Kier molecular flexibility index (Phi) is 11.0. The van der Waals surface area contributed by atoms with E-state index in [-0.39, 0.29) is 18.3 Å². The van der Waals surface area contributed by atoms with Gasteiger partial charge in [0.15, 0.2) is 0 Å². The summed E-state index contributed by atoms with van der Waals surface area (Å²) in [5.41, 5.74) is 4.52. The van der Waals surface area contributed by atoms with Gasteiger partial charge in [0, 0.05) is 0 Å². The Morgan fingerprint density at radius 3 is 1.81 bits per heavy atom. The van der Waals surface area contributed by atoms with E-state index in [9.17, 15) is 9.59 Å². The van der Waals surface area contributed by atoms with Crippen LogP contribution in [0.3, 0.4) is 0 Å². The highest BCUT2D eigenvalue weighted by atomic mass is 16.4. The van der Waals surface area contributed by atoms with E-state index in [0.717, 1.165) is 13.0 Å². The quantitative estimate of drug-likeness (QED) is 0.575. The van der Waals surface area contributed by atoms with Crippen LogP contribution in [0.4, 0.5) is 0 Å². The van der Waals surface area contributed by atoms with Crippen molar-refractivity contribution in [3.8, 4) is 0 Å². The molecule has 0 fully saturated rings. The van der Waals surface area contributed by atoms with Crippen LogP contribution < -0.4 is 0 Å². The third-order valence-electron chi connectivity index (χ3n) is 5.05. The standard InChI is InChI=1S/C22H31N.C4H6O4/c1-22(2,3)21-13-11-18(12-14-21)17-20(15-16-23(4)5)19-9-7-6-8-10-19;5-3(6)1-2-4(7)8/h6-14,20H,15-17H2,1-5H3;1-2H2,(H,5,6)(H,7,8). The number of hydrogen-bond donors (Lipinski definition) is 2. The van der Waals surface area contributed by atoms with Crippen LogP contribution in [0.1, 0.15) is 62.6 Å². The van der Waals surface area contributed by atoms with E-state index >= 15 is 0 Å². The fourth-order valence-electron chi connectivity index (χ4n) is 3.17. The summed E-state index contributed by atoms with van der Waals surface area (Å²) >= 11 is 0. The van der Waals surface area contributed by atoms with Gasteiger partial charge in [0.25, 0.3) is 0 Å². The molecular weight excluding hydrogens is 390 g/mol. The zero-order valence-corrected chi connectivity index (χ0v) is 19.5. The van der Waals surface area contributed by atoms with Crippen molar-refractivity contribution in [3.63, 3.8) is 0 Å². The van der Waals surface area contributed by atoms with Crippen molar-refractivity contribution in [2.75, 3.05) is 20.6 Å². The summed E-state index contributed by atoms with van der Waals surface area (Å²) in [7, 11) is 4.31. The second-order valence-corrected chi connectivity index (χ2v) is 9.14. The fraction of sp³-hybridized carbons (Fsp3) is 0.462. The third kappa shape index (κ3) is 11.3. The third-order valence-corrected chi connectivity index (χ3v) is 5.05. The van der Waals surface area contributed by atoms with Gasteiger partial charge in [-0.15, -0.1) is 0 Å². The van der Waals surface area contributed by atoms with E-state index in [0.29, 0.717) is 5.92 Å². The summed E-state index contributed by atoms with van der Waals surface area (Å²) < 4.78 is 0. The van der Waals surface area contributed by atoms with E-state index in [1.807, 2.05) is 0 Å². The van der Waals surface area contributed by atoms with Crippen molar-refractivity contribution in [2.24, 2.45) is 0 Å². The topological polar surface area (TPSA) is 77.8 Å². The molecule has 2 aromatic carbocycles. The highest BCUT2D eigenvalue weighted by molar-refractivity contribution is 5.75. The van der Waals surface area contributed by atoms with Gasteiger partial charge >= 0.3 is 11.9 Å². The molecule has 0 bridgehead atoms. The van der Waals surface area contributed by atoms with Gasteiger partial charge in [-0.2, -0.15) is 0 Å². The Hall–Kier alpha value is -2.66. The van der Waals surface area contributed by atoms with Crippen molar-refractivity contribution >= 4 is 11.9 Å². The zero-order chi connectivity index (χ0) is 23.4. The van der Waals surface area contributed by atoms with Gasteiger partial charge in [-0.25, -0.2) is 0 Å². The van der Waals surface area contributed by atoms with Crippen molar-refractivity contribution in [2.45, 2.75) is 57.8 Å². The SMILES string of the molecule is CN(C)CCC(Cc1ccc(C(C)(C)C)cc1)c1ccccc1.O=C(O)CCC(=O)O. The molecule has 1 unspecified atom stereocenters. The van der Waals surface area contributed by atoms with Gasteiger partial charge in [0.2, 0.25) is 0 Å². The predicted octanol–water partition coefficient (Wildman–Crippen LogP) is 5.20. The molecule has 1 atom stereocenters. The summed E-state index contributed by atoms with van der Waals surface area (Å²) in [4.78, 5) is 21.6. The first-order valence-corrected chi connectivity index (χ1v) is 10.7. The van der Waals surface area contributed by atoms with Crippen molar-refractivity contribution in [1.29, 1.82) is 0 Å². The summed E-state index contributed by atoms with van der Waals surface area (Å²) in [5, 5.41) is 15.8. The molecule has 0 radical (unpaired) electrons. The van der Waals surface area contributed by atoms with Gasteiger partial charge in [-0.3, -0.25) is 9.59 Å². The van der Waals surface area contributed by atoms with E-state index < -0.39 is 11.9 Å². The Labute approximate surface area is 186 Å². The predicted molar refractivity (Wildman–Crippen MR) is 126 cm³/mol. The lowest BCUT2D eigenvalue weighted by Gasteiger charge is -2.22. The Morgan fingerprint density at radius 2 is 1.39 bits per heavy atom. The van der Waals surface area contributed by atoms with E-state index in [2.05, 4.69) is 94.4 Å². The average Bonchev–Trinajstić information content (AvgIpc) is 2.70. The summed E-state index contributed by atoms with van der Waals surface area (Å²) in [6.07, 6.45) is 1.71. The minimum absolute atomic E-state index is 0.224. The molecule has 0 saturated carbocycles. The van der Waals surface area contributed by atoms with Gasteiger partial charge in [0.1, 0.15) is 0 Å². The first-order valence-electron chi connectivity index (χ1n) is 10.7. The maximum absolute atomic E-state index is 9.64. The largest absolute Gasteiger partial charge is 0.481 e. The number of benzene rings is 2. The molecule has 2 aromatic rings. The van der Waals surface area contributed by atoms with Crippen molar-refractivity contribution in [3.05, 3.63) is 71.3 Å². The number of nitrogens with zero attached hydrogens (tertiary/aromatic N) is 1. The monoisotopic (exact) mass is 427 g/mol. The minimum Gasteiger partial charge on any atom is -0.481 e. The molecule has 5 heteroatoms. The van der Waals surface area contributed by atoms with E-state index in [1.54, 1.807) is 0 Å². The number of carbonyl (C=O) groups is 2. The molecule has 0 saturated heterocycles. The molecule has 170 valence electrons. The van der Waals surface area contributed by atoms with E-state index in [4.69, 9.17) is 10.2 Å². The average molecular weight is 428 g/mol. The zero-order valence-electron chi connectivity index (χ0n) is 19.5. The highest BCUT2D eigenvalue weighted by Crippen LogP contribution is 2.27. The molecule has 2 N–H and O–H groups in total. The Balaban J connectivity index is 0.000000512. The van der Waals surface area contributed by atoms with Gasteiger partial charge in [-0.1, -0.05) is 75.4 Å². The molecule has 31 heavy (non-hydrogen) atoms. The van der Waals surface area contributed by atoms with E-state index in [1.165, 1.54) is 23.1 Å². The molecule has 0 aliphatic rings. The first kappa shape index (κ1) is 26.4. The van der Waals surface area contributed by atoms with Crippen LogP contribution in [0.25, 0.3) is 0 Å². The molecule has 2 rings (SSSR count). The Morgan fingerprint density at radius 1 is 0.871 bits per heavy atom.